The molecule has 4 rings (SSSR count). The molecule has 0 bridgehead atoms. The van der Waals surface area contributed by atoms with Crippen molar-refractivity contribution < 1.29 is 4.74 Å². The number of hydrogen-bond acceptors (Lipinski definition) is 7. The smallest absolute Gasteiger partial charge is 0.255 e. The highest BCUT2D eigenvalue weighted by Crippen LogP contribution is 2.23. The minimum atomic E-state index is -0.0970. The van der Waals surface area contributed by atoms with Gasteiger partial charge in [0.1, 0.15) is 12.1 Å². The van der Waals surface area contributed by atoms with Gasteiger partial charge in [-0.1, -0.05) is 6.07 Å². The Morgan fingerprint density at radius 2 is 1.97 bits per heavy atom. The van der Waals surface area contributed by atoms with Gasteiger partial charge in [-0.15, -0.1) is 0 Å². The van der Waals surface area contributed by atoms with Crippen LogP contribution in [-0.2, 0) is 7.05 Å². The maximum absolute atomic E-state index is 12.5. The van der Waals surface area contributed by atoms with Gasteiger partial charge in [-0.3, -0.25) is 9.36 Å². The molecule has 0 aliphatic carbocycles. The monoisotopic (exact) mass is 392 g/mol. The van der Waals surface area contributed by atoms with E-state index in [-0.39, 0.29) is 5.56 Å². The number of rotatable bonds is 5. The first kappa shape index (κ1) is 18.9. The summed E-state index contributed by atoms with van der Waals surface area (Å²) < 4.78 is 6.89. The molecule has 0 spiro atoms. The Kier molecular flexibility index (Phi) is 5.41. The highest BCUT2D eigenvalue weighted by Gasteiger charge is 2.23. The zero-order valence-corrected chi connectivity index (χ0v) is 16.6. The van der Waals surface area contributed by atoms with E-state index in [2.05, 4.69) is 20.2 Å². The zero-order chi connectivity index (χ0) is 20.2. The molecule has 3 heterocycles. The quantitative estimate of drug-likeness (QED) is 0.713. The second kappa shape index (κ2) is 8.30. The number of anilines is 2. The summed E-state index contributed by atoms with van der Waals surface area (Å²) in [6, 6.07) is 11.6. The molecule has 150 valence electrons. The minimum absolute atomic E-state index is 0.0970. The summed E-state index contributed by atoms with van der Waals surface area (Å²) in [6.07, 6.45) is 5.01. The van der Waals surface area contributed by atoms with E-state index in [1.807, 2.05) is 24.3 Å². The maximum atomic E-state index is 12.5. The lowest BCUT2D eigenvalue weighted by molar-refractivity contribution is 0.415. The molecule has 1 saturated heterocycles. The molecular formula is C21H24N6O2. The van der Waals surface area contributed by atoms with Crippen LogP contribution in [0.25, 0.3) is 11.4 Å². The Bertz CT molecular complexity index is 1030. The normalized spacial score (nSPS) is 14.6. The molecule has 29 heavy (non-hydrogen) atoms. The first-order chi connectivity index (χ1) is 14.1. The van der Waals surface area contributed by atoms with Gasteiger partial charge in [0.05, 0.1) is 18.5 Å². The maximum Gasteiger partial charge on any atom is 0.255 e. The van der Waals surface area contributed by atoms with E-state index in [1.165, 1.54) is 12.4 Å². The molecule has 8 heteroatoms. The van der Waals surface area contributed by atoms with Crippen LogP contribution in [0.5, 0.6) is 5.75 Å². The van der Waals surface area contributed by atoms with Gasteiger partial charge < -0.3 is 15.0 Å². The Balaban J connectivity index is 1.48. The standard InChI is InChI=1S/C21H24N6O2/c1-26-20(28)13-19(18-6-9-22-14-23-18)25-21(26)27-10-7-15(8-11-27)24-16-4-3-5-17(12-16)29-2/h3-6,9,12-15,24H,7-8,10-11H2,1-2H3. The van der Waals surface area contributed by atoms with Crippen molar-refractivity contribution >= 4 is 11.6 Å². The molecule has 1 fully saturated rings. The van der Waals surface area contributed by atoms with E-state index in [9.17, 15) is 4.79 Å². The van der Waals surface area contributed by atoms with Crippen molar-refractivity contribution in [3.8, 4) is 17.1 Å². The van der Waals surface area contributed by atoms with Crippen LogP contribution in [-0.4, -0.2) is 45.8 Å². The Morgan fingerprint density at radius 3 is 2.69 bits per heavy atom. The van der Waals surface area contributed by atoms with Gasteiger partial charge in [0.15, 0.2) is 0 Å². The molecule has 8 nitrogen and oxygen atoms in total. The van der Waals surface area contributed by atoms with Gasteiger partial charge in [0.2, 0.25) is 5.95 Å². The largest absolute Gasteiger partial charge is 0.497 e. The van der Waals surface area contributed by atoms with Crippen molar-refractivity contribution in [2.24, 2.45) is 7.05 Å². The third-order valence-corrected chi connectivity index (χ3v) is 5.17. The van der Waals surface area contributed by atoms with E-state index in [0.29, 0.717) is 23.4 Å². The number of methoxy groups -OCH3 is 1. The molecule has 0 amide bonds. The van der Waals surface area contributed by atoms with Crippen molar-refractivity contribution in [1.29, 1.82) is 0 Å². The number of piperidine rings is 1. The zero-order valence-electron chi connectivity index (χ0n) is 16.6. The van der Waals surface area contributed by atoms with Crippen molar-refractivity contribution in [3.63, 3.8) is 0 Å². The molecule has 1 aromatic carbocycles. The minimum Gasteiger partial charge on any atom is -0.497 e. The fourth-order valence-electron chi connectivity index (χ4n) is 3.56. The van der Waals surface area contributed by atoms with Crippen LogP contribution < -0.4 is 20.5 Å². The SMILES string of the molecule is COc1cccc(NC2CCN(c3nc(-c4ccncn4)cc(=O)n3C)CC2)c1. The summed E-state index contributed by atoms with van der Waals surface area (Å²) in [5, 5.41) is 3.58. The molecule has 1 aliphatic rings. The van der Waals surface area contributed by atoms with Crippen LogP contribution in [0, 0.1) is 0 Å². The van der Waals surface area contributed by atoms with E-state index in [0.717, 1.165) is 37.4 Å². The Labute approximate surface area is 169 Å². The van der Waals surface area contributed by atoms with Gasteiger partial charge in [-0.25, -0.2) is 15.0 Å². The van der Waals surface area contributed by atoms with E-state index >= 15 is 0 Å². The van der Waals surface area contributed by atoms with Crippen molar-refractivity contribution in [1.82, 2.24) is 19.5 Å². The Hall–Kier alpha value is -3.42. The van der Waals surface area contributed by atoms with Crippen LogP contribution in [0.1, 0.15) is 12.8 Å². The molecule has 3 aromatic rings. The number of aromatic nitrogens is 4. The third-order valence-electron chi connectivity index (χ3n) is 5.17. The van der Waals surface area contributed by atoms with Crippen LogP contribution in [0.15, 0.2) is 53.7 Å². The van der Waals surface area contributed by atoms with E-state index in [1.54, 1.807) is 31.0 Å². The lowest BCUT2D eigenvalue weighted by Gasteiger charge is -2.34. The number of benzene rings is 1. The van der Waals surface area contributed by atoms with Gasteiger partial charge in [-0.05, 0) is 31.0 Å². The highest BCUT2D eigenvalue weighted by atomic mass is 16.5. The first-order valence-corrected chi connectivity index (χ1v) is 9.64. The second-order valence-corrected chi connectivity index (χ2v) is 7.07. The Morgan fingerprint density at radius 1 is 1.14 bits per heavy atom. The third kappa shape index (κ3) is 4.21. The number of nitrogens with zero attached hydrogens (tertiary/aromatic N) is 5. The van der Waals surface area contributed by atoms with Gasteiger partial charge in [0, 0.05) is 50.2 Å². The number of ether oxygens (including phenoxy) is 1. The molecule has 0 saturated carbocycles. The van der Waals surface area contributed by atoms with E-state index < -0.39 is 0 Å². The molecule has 0 unspecified atom stereocenters. The molecule has 1 aliphatic heterocycles. The van der Waals surface area contributed by atoms with Crippen LogP contribution in [0.4, 0.5) is 11.6 Å². The fraction of sp³-hybridized carbons (Fsp3) is 0.333. The average molecular weight is 392 g/mol. The summed E-state index contributed by atoms with van der Waals surface area (Å²) in [7, 11) is 3.43. The van der Waals surface area contributed by atoms with Crippen LogP contribution >= 0.6 is 0 Å². The topological polar surface area (TPSA) is 85.2 Å². The average Bonchev–Trinajstić information content (AvgIpc) is 2.77. The molecule has 0 radical (unpaired) electrons. The van der Waals surface area contributed by atoms with Crippen molar-refractivity contribution in [2.75, 3.05) is 30.4 Å². The van der Waals surface area contributed by atoms with Crippen LogP contribution in [0.3, 0.4) is 0 Å². The summed E-state index contributed by atoms with van der Waals surface area (Å²) >= 11 is 0. The van der Waals surface area contributed by atoms with Gasteiger partial charge in [-0.2, -0.15) is 0 Å². The van der Waals surface area contributed by atoms with Crippen LogP contribution in [0.2, 0.25) is 0 Å². The molecular weight excluding hydrogens is 368 g/mol. The summed E-state index contributed by atoms with van der Waals surface area (Å²) in [6.45, 7) is 1.63. The lowest BCUT2D eigenvalue weighted by Crippen LogP contribution is -2.42. The second-order valence-electron chi connectivity index (χ2n) is 7.07. The van der Waals surface area contributed by atoms with Gasteiger partial charge in [0.25, 0.3) is 5.56 Å². The highest BCUT2D eigenvalue weighted by molar-refractivity contribution is 5.55. The summed E-state index contributed by atoms with van der Waals surface area (Å²) in [5.41, 5.74) is 2.18. The molecule has 0 atom stereocenters. The number of nitrogens with one attached hydrogen (secondary N) is 1. The fourth-order valence-corrected chi connectivity index (χ4v) is 3.56. The predicted octanol–water partition coefficient (Wildman–Crippen LogP) is 2.33. The molecule has 1 N–H and O–H groups in total. The lowest BCUT2D eigenvalue weighted by atomic mass is 10.0. The molecule has 2 aromatic heterocycles. The van der Waals surface area contributed by atoms with Gasteiger partial charge >= 0.3 is 0 Å². The number of hydrogen-bond donors (Lipinski definition) is 1. The first-order valence-electron chi connectivity index (χ1n) is 9.64. The van der Waals surface area contributed by atoms with Crippen molar-refractivity contribution in [2.45, 2.75) is 18.9 Å². The summed E-state index contributed by atoms with van der Waals surface area (Å²) in [4.78, 5) is 27.5. The van der Waals surface area contributed by atoms with Crippen molar-refractivity contribution in [3.05, 3.63) is 59.3 Å². The van der Waals surface area contributed by atoms with E-state index in [4.69, 9.17) is 9.72 Å². The summed E-state index contributed by atoms with van der Waals surface area (Å²) in [5.74, 6) is 1.51. The predicted molar refractivity (Wildman–Crippen MR) is 112 cm³/mol.